The molecule has 0 fully saturated rings. The summed E-state index contributed by atoms with van der Waals surface area (Å²) in [5.41, 5.74) is 7.66. The molecule has 3 aromatic rings. The maximum Gasteiger partial charge on any atom is 0.319 e. The number of rotatable bonds is 4. The molecule has 2 amide bonds. The van der Waals surface area contributed by atoms with Crippen LogP contribution in [0.2, 0.25) is 0 Å². The number of nitrogens with one attached hydrogen (secondary N) is 2. The van der Waals surface area contributed by atoms with Gasteiger partial charge in [0, 0.05) is 29.3 Å². The number of hydrogen-bond donors (Lipinski definition) is 2. The number of aryl methyl sites for hydroxylation is 3. The fraction of sp³-hybridized carbons (Fsp3) is 0.227. The van der Waals surface area contributed by atoms with Gasteiger partial charge in [-0.05, 0) is 63.1 Å². The highest BCUT2D eigenvalue weighted by Gasteiger charge is 2.12. The van der Waals surface area contributed by atoms with Crippen LogP contribution in [0.3, 0.4) is 0 Å². The van der Waals surface area contributed by atoms with Crippen molar-refractivity contribution < 1.29 is 4.79 Å². The Labute approximate surface area is 154 Å². The molecular formula is C22H25N3O. The fourth-order valence-corrected chi connectivity index (χ4v) is 3.15. The Morgan fingerprint density at radius 2 is 1.65 bits per heavy atom. The highest BCUT2D eigenvalue weighted by Crippen LogP contribution is 2.21. The van der Waals surface area contributed by atoms with E-state index < -0.39 is 0 Å². The average Bonchev–Trinajstić information content (AvgIpc) is 2.90. The number of carbonyl (C=O) groups is 1. The van der Waals surface area contributed by atoms with E-state index in [-0.39, 0.29) is 6.03 Å². The lowest BCUT2D eigenvalue weighted by molar-refractivity contribution is 0.251. The van der Waals surface area contributed by atoms with Gasteiger partial charge in [-0.2, -0.15) is 0 Å². The fourth-order valence-electron chi connectivity index (χ4n) is 3.15. The second-order valence-corrected chi connectivity index (χ2v) is 6.69. The van der Waals surface area contributed by atoms with Crippen LogP contribution in [0.15, 0.2) is 54.6 Å². The van der Waals surface area contributed by atoms with Gasteiger partial charge in [-0.15, -0.1) is 0 Å². The first-order valence-electron chi connectivity index (χ1n) is 8.81. The molecule has 2 aromatic carbocycles. The molecule has 0 aliphatic heterocycles. The zero-order valence-corrected chi connectivity index (χ0v) is 15.8. The van der Waals surface area contributed by atoms with Crippen LogP contribution in [0.25, 0.3) is 5.69 Å². The van der Waals surface area contributed by atoms with Crippen molar-refractivity contribution in [2.45, 2.75) is 34.2 Å². The molecule has 0 saturated carbocycles. The molecule has 0 aliphatic carbocycles. The molecule has 3 rings (SSSR count). The van der Waals surface area contributed by atoms with E-state index in [2.05, 4.69) is 66.3 Å². The summed E-state index contributed by atoms with van der Waals surface area (Å²) in [5, 5.41) is 5.86. The van der Waals surface area contributed by atoms with E-state index in [4.69, 9.17) is 0 Å². The van der Waals surface area contributed by atoms with Crippen molar-refractivity contribution >= 4 is 11.7 Å². The van der Waals surface area contributed by atoms with Gasteiger partial charge in [-0.3, -0.25) is 0 Å². The van der Waals surface area contributed by atoms with Crippen molar-refractivity contribution in [3.8, 4) is 5.69 Å². The van der Waals surface area contributed by atoms with Crippen LogP contribution in [-0.4, -0.2) is 10.6 Å². The third-order valence-corrected chi connectivity index (χ3v) is 4.66. The Balaban J connectivity index is 1.71. The van der Waals surface area contributed by atoms with Crippen molar-refractivity contribution in [2.75, 3.05) is 5.32 Å². The molecule has 1 heterocycles. The molecule has 4 nitrogen and oxygen atoms in total. The number of hydrogen-bond acceptors (Lipinski definition) is 1. The SMILES string of the molecule is Cc1ccc(-n2c(C)cc(CNC(=O)Nc3ccccc3C)c2C)cc1. The van der Waals surface area contributed by atoms with Crippen LogP contribution in [0.5, 0.6) is 0 Å². The zero-order valence-electron chi connectivity index (χ0n) is 15.8. The van der Waals surface area contributed by atoms with Crippen molar-refractivity contribution in [3.05, 3.63) is 82.7 Å². The maximum atomic E-state index is 12.2. The molecule has 0 radical (unpaired) electrons. The number of nitrogens with zero attached hydrogens (tertiary/aromatic N) is 1. The monoisotopic (exact) mass is 347 g/mol. The smallest absolute Gasteiger partial charge is 0.319 e. The molecule has 0 aliphatic rings. The molecule has 2 N–H and O–H groups in total. The van der Waals surface area contributed by atoms with Gasteiger partial charge in [0.2, 0.25) is 0 Å². The van der Waals surface area contributed by atoms with Crippen molar-refractivity contribution in [1.82, 2.24) is 9.88 Å². The lowest BCUT2D eigenvalue weighted by Crippen LogP contribution is -2.28. The van der Waals surface area contributed by atoms with Crippen LogP contribution < -0.4 is 10.6 Å². The molecule has 0 unspecified atom stereocenters. The second-order valence-electron chi connectivity index (χ2n) is 6.69. The van der Waals surface area contributed by atoms with Gasteiger partial charge in [0.15, 0.2) is 0 Å². The molecule has 0 spiro atoms. The average molecular weight is 347 g/mol. The molecule has 4 heteroatoms. The highest BCUT2D eigenvalue weighted by atomic mass is 16.2. The summed E-state index contributed by atoms with van der Waals surface area (Å²) in [6, 6.07) is 18.2. The normalized spacial score (nSPS) is 10.6. The Morgan fingerprint density at radius 3 is 2.35 bits per heavy atom. The predicted octanol–water partition coefficient (Wildman–Crippen LogP) is 5.03. The van der Waals surface area contributed by atoms with Gasteiger partial charge >= 0.3 is 6.03 Å². The number of urea groups is 1. The van der Waals surface area contributed by atoms with Crippen LogP contribution >= 0.6 is 0 Å². The van der Waals surface area contributed by atoms with Gasteiger partial charge in [0.1, 0.15) is 0 Å². The van der Waals surface area contributed by atoms with Crippen LogP contribution in [0.1, 0.15) is 28.1 Å². The third kappa shape index (κ3) is 3.80. The maximum absolute atomic E-state index is 12.2. The molecule has 134 valence electrons. The van der Waals surface area contributed by atoms with Crippen molar-refractivity contribution in [2.24, 2.45) is 0 Å². The first kappa shape index (κ1) is 17.8. The van der Waals surface area contributed by atoms with E-state index in [9.17, 15) is 4.79 Å². The number of amides is 2. The highest BCUT2D eigenvalue weighted by molar-refractivity contribution is 5.90. The Morgan fingerprint density at radius 1 is 0.962 bits per heavy atom. The summed E-state index contributed by atoms with van der Waals surface area (Å²) < 4.78 is 2.22. The second kappa shape index (κ2) is 7.48. The molecule has 0 saturated heterocycles. The van der Waals surface area contributed by atoms with Gasteiger partial charge < -0.3 is 15.2 Å². The molecular weight excluding hydrogens is 322 g/mol. The van der Waals surface area contributed by atoms with Gasteiger partial charge in [0.25, 0.3) is 0 Å². The Hall–Kier alpha value is -3.01. The molecule has 0 bridgehead atoms. The van der Waals surface area contributed by atoms with E-state index >= 15 is 0 Å². The van der Waals surface area contributed by atoms with Gasteiger partial charge in [0.05, 0.1) is 0 Å². The molecule has 0 atom stereocenters. The minimum Gasteiger partial charge on any atom is -0.334 e. The summed E-state index contributed by atoms with van der Waals surface area (Å²) >= 11 is 0. The minimum absolute atomic E-state index is 0.195. The molecule has 1 aromatic heterocycles. The van der Waals surface area contributed by atoms with E-state index in [1.807, 2.05) is 31.2 Å². The first-order chi connectivity index (χ1) is 12.5. The first-order valence-corrected chi connectivity index (χ1v) is 8.81. The topological polar surface area (TPSA) is 46.1 Å². The Bertz CT molecular complexity index is 923. The van der Waals surface area contributed by atoms with E-state index in [0.717, 1.165) is 33.9 Å². The standard InChI is InChI=1S/C22H25N3O/c1-15-9-11-20(12-10-15)25-17(3)13-19(18(25)4)14-23-22(26)24-21-8-6-5-7-16(21)2/h5-13H,14H2,1-4H3,(H2,23,24,26). The van der Waals surface area contributed by atoms with Crippen LogP contribution in [0, 0.1) is 27.7 Å². The summed E-state index contributed by atoms with van der Waals surface area (Å²) in [7, 11) is 0. The summed E-state index contributed by atoms with van der Waals surface area (Å²) in [6.45, 7) is 8.72. The minimum atomic E-state index is -0.195. The number of anilines is 1. The number of benzene rings is 2. The number of para-hydroxylation sites is 1. The van der Waals surface area contributed by atoms with E-state index in [1.165, 1.54) is 5.56 Å². The van der Waals surface area contributed by atoms with Crippen LogP contribution in [0.4, 0.5) is 10.5 Å². The lowest BCUT2D eigenvalue weighted by atomic mass is 10.2. The van der Waals surface area contributed by atoms with Crippen molar-refractivity contribution in [1.29, 1.82) is 0 Å². The van der Waals surface area contributed by atoms with E-state index in [1.54, 1.807) is 0 Å². The largest absolute Gasteiger partial charge is 0.334 e. The lowest BCUT2D eigenvalue weighted by Gasteiger charge is -2.11. The van der Waals surface area contributed by atoms with Crippen LogP contribution in [-0.2, 0) is 6.54 Å². The predicted molar refractivity (Wildman–Crippen MR) is 107 cm³/mol. The number of aromatic nitrogens is 1. The zero-order chi connectivity index (χ0) is 18.7. The Kier molecular flexibility index (Phi) is 5.12. The quantitative estimate of drug-likeness (QED) is 0.683. The van der Waals surface area contributed by atoms with Gasteiger partial charge in [-0.1, -0.05) is 35.9 Å². The van der Waals surface area contributed by atoms with Crippen molar-refractivity contribution in [3.63, 3.8) is 0 Å². The van der Waals surface area contributed by atoms with E-state index in [0.29, 0.717) is 6.54 Å². The summed E-state index contributed by atoms with van der Waals surface area (Å²) in [6.07, 6.45) is 0. The number of carbonyl (C=O) groups excluding carboxylic acids is 1. The summed E-state index contributed by atoms with van der Waals surface area (Å²) in [5.74, 6) is 0. The molecule has 26 heavy (non-hydrogen) atoms. The summed E-state index contributed by atoms with van der Waals surface area (Å²) in [4.78, 5) is 12.2. The van der Waals surface area contributed by atoms with Gasteiger partial charge in [-0.25, -0.2) is 4.79 Å². The third-order valence-electron chi connectivity index (χ3n) is 4.66.